The maximum absolute atomic E-state index is 11.8. The van der Waals surface area contributed by atoms with Crippen LogP contribution in [0.15, 0.2) is 16.9 Å². The van der Waals surface area contributed by atoms with Gasteiger partial charge in [0, 0.05) is 24.9 Å². The molecule has 92 valence electrons. The molecule has 1 saturated heterocycles. The second kappa shape index (κ2) is 5.35. The number of rotatable bonds is 3. The van der Waals surface area contributed by atoms with Crippen LogP contribution >= 0.6 is 11.8 Å². The minimum atomic E-state index is -0.215. The second-order valence-electron chi connectivity index (χ2n) is 4.03. The predicted molar refractivity (Wildman–Crippen MR) is 67.3 cm³/mol. The molecule has 1 N–H and O–H groups in total. The third-order valence-corrected chi connectivity index (χ3v) is 4.11. The molecule has 1 aliphatic rings. The molecule has 0 bridgehead atoms. The Morgan fingerprint density at radius 2 is 2.47 bits per heavy atom. The zero-order valence-electron chi connectivity index (χ0n) is 9.68. The highest BCUT2D eigenvalue weighted by Crippen LogP contribution is 2.25. The summed E-state index contributed by atoms with van der Waals surface area (Å²) in [6.45, 7) is 0.675. The number of nitrogens with zero attached hydrogens (tertiary/aromatic N) is 2. The van der Waals surface area contributed by atoms with Crippen LogP contribution in [0.5, 0.6) is 0 Å². The number of carbonyl (C=O) groups excluding carboxylic acids is 1. The van der Waals surface area contributed by atoms with Gasteiger partial charge in [-0.1, -0.05) is 0 Å². The van der Waals surface area contributed by atoms with Gasteiger partial charge in [-0.25, -0.2) is 4.68 Å². The Balaban J connectivity index is 1.94. The number of aryl methyl sites for hydroxylation is 1. The van der Waals surface area contributed by atoms with E-state index in [1.165, 1.54) is 36.0 Å². The molecule has 0 aliphatic carbocycles. The standard InChI is InChI=1S/C11H15N3O2S/c1-14-10(15)5-4-9(13-14)11(16)12-7-8-3-2-6-17-8/h4-5,8H,2-3,6-7H2,1H3,(H,12,16)/t8-/m1/s1. The fourth-order valence-electron chi connectivity index (χ4n) is 1.73. The first-order valence-corrected chi connectivity index (χ1v) is 6.66. The number of carbonyl (C=O) groups is 1. The highest BCUT2D eigenvalue weighted by molar-refractivity contribution is 8.00. The molecule has 1 amide bonds. The van der Waals surface area contributed by atoms with Gasteiger partial charge in [0.1, 0.15) is 5.69 Å². The fraction of sp³-hybridized carbons (Fsp3) is 0.545. The normalized spacial score (nSPS) is 19.2. The molecule has 2 rings (SSSR count). The fourth-order valence-corrected chi connectivity index (χ4v) is 2.93. The van der Waals surface area contributed by atoms with Gasteiger partial charge in [-0.05, 0) is 24.7 Å². The van der Waals surface area contributed by atoms with E-state index in [-0.39, 0.29) is 17.2 Å². The summed E-state index contributed by atoms with van der Waals surface area (Å²) < 4.78 is 1.17. The molecule has 0 aromatic carbocycles. The predicted octanol–water partition coefficient (Wildman–Crippen LogP) is 0.406. The third kappa shape index (κ3) is 3.09. The second-order valence-corrected chi connectivity index (χ2v) is 5.43. The lowest BCUT2D eigenvalue weighted by molar-refractivity contribution is 0.0946. The van der Waals surface area contributed by atoms with E-state index in [0.717, 1.165) is 6.42 Å². The smallest absolute Gasteiger partial charge is 0.271 e. The summed E-state index contributed by atoms with van der Waals surface area (Å²) >= 11 is 1.89. The molecule has 1 aromatic heterocycles. The molecule has 1 aromatic rings. The largest absolute Gasteiger partial charge is 0.350 e. The molecule has 1 aliphatic heterocycles. The van der Waals surface area contributed by atoms with Crippen LogP contribution in [0.1, 0.15) is 23.3 Å². The Labute approximate surface area is 104 Å². The molecular formula is C11H15N3O2S. The first-order valence-electron chi connectivity index (χ1n) is 5.61. The number of hydrogen-bond acceptors (Lipinski definition) is 4. The van der Waals surface area contributed by atoms with Gasteiger partial charge in [0.2, 0.25) is 0 Å². The number of nitrogens with one attached hydrogen (secondary N) is 1. The molecule has 17 heavy (non-hydrogen) atoms. The van der Waals surface area contributed by atoms with E-state index < -0.39 is 0 Å². The van der Waals surface area contributed by atoms with Crippen molar-refractivity contribution in [3.63, 3.8) is 0 Å². The monoisotopic (exact) mass is 253 g/mol. The average molecular weight is 253 g/mol. The van der Waals surface area contributed by atoms with Crippen LogP contribution in [0.4, 0.5) is 0 Å². The molecule has 5 nitrogen and oxygen atoms in total. The van der Waals surface area contributed by atoms with E-state index in [1.807, 2.05) is 11.8 Å². The van der Waals surface area contributed by atoms with Gasteiger partial charge < -0.3 is 5.32 Å². The van der Waals surface area contributed by atoms with E-state index in [4.69, 9.17) is 0 Å². The maximum atomic E-state index is 11.8. The number of thioether (sulfide) groups is 1. The molecule has 1 atom stereocenters. The van der Waals surface area contributed by atoms with Gasteiger partial charge >= 0.3 is 0 Å². The number of aromatic nitrogens is 2. The third-order valence-electron chi connectivity index (χ3n) is 2.71. The SMILES string of the molecule is Cn1nc(C(=O)NC[C@H]2CCCS2)ccc1=O. The van der Waals surface area contributed by atoms with Crippen molar-refractivity contribution in [1.82, 2.24) is 15.1 Å². The van der Waals surface area contributed by atoms with Crippen LogP contribution in [0, 0.1) is 0 Å². The van der Waals surface area contributed by atoms with E-state index in [2.05, 4.69) is 10.4 Å². The number of amides is 1. The summed E-state index contributed by atoms with van der Waals surface area (Å²) in [6, 6.07) is 2.81. The Kier molecular flexibility index (Phi) is 3.83. The summed E-state index contributed by atoms with van der Waals surface area (Å²) in [5.41, 5.74) is 0.0722. The van der Waals surface area contributed by atoms with E-state index in [1.54, 1.807) is 0 Å². The molecular weight excluding hydrogens is 238 g/mol. The van der Waals surface area contributed by atoms with Gasteiger partial charge in [0.25, 0.3) is 11.5 Å². The van der Waals surface area contributed by atoms with Crippen LogP contribution < -0.4 is 10.9 Å². The van der Waals surface area contributed by atoms with Crippen LogP contribution in [0.25, 0.3) is 0 Å². The number of hydrogen-bond donors (Lipinski definition) is 1. The van der Waals surface area contributed by atoms with Crippen molar-refractivity contribution in [3.05, 3.63) is 28.2 Å². The van der Waals surface area contributed by atoms with Gasteiger partial charge in [0.15, 0.2) is 0 Å². The molecule has 0 saturated carbocycles. The summed E-state index contributed by atoms with van der Waals surface area (Å²) in [6.07, 6.45) is 2.38. The molecule has 0 spiro atoms. The van der Waals surface area contributed by atoms with Crippen molar-refractivity contribution in [2.75, 3.05) is 12.3 Å². The van der Waals surface area contributed by atoms with Crippen molar-refractivity contribution >= 4 is 17.7 Å². The first-order chi connectivity index (χ1) is 8.16. The van der Waals surface area contributed by atoms with E-state index in [0.29, 0.717) is 11.8 Å². The highest BCUT2D eigenvalue weighted by atomic mass is 32.2. The van der Waals surface area contributed by atoms with Crippen LogP contribution in [-0.2, 0) is 7.05 Å². The highest BCUT2D eigenvalue weighted by Gasteiger charge is 2.17. The molecule has 1 fully saturated rings. The lowest BCUT2D eigenvalue weighted by atomic mass is 10.2. The molecule has 0 radical (unpaired) electrons. The van der Waals surface area contributed by atoms with Crippen molar-refractivity contribution in [3.8, 4) is 0 Å². The van der Waals surface area contributed by atoms with Crippen molar-refractivity contribution in [2.45, 2.75) is 18.1 Å². The Morgan fingerprint density at radius 3 is 3.12 bits per heavy atom. The zero-order chi connectivity index (χ0) is 12.3. The summed E-state index contributed by atoms with van der Waals surface area (Å²) in [4.78, 5) is 22.9. The van der Waals surface area contributed by atoms with Crippen LogP contribution in [-0.4, -0.2) is 33.2 Å². The lowest BCUT2D eigenvalue weighted by Crippen LogP contribution is -2.32. The average Bonchev–Trinajstić information content (AvgIpc) is 2.82. The van der Waals surface area contributed by atoms with Gasteiger partial charge in [-0.15, -0.1) is 0 Å². The minimum Gasteiger partial charge on any atom is -0.350 e. The first kappa shape index (κ1) is 12.2. The van der Waals surface area contributed by atoms with Crippen molar-refractivity contribution in [1.29, 1.82) is 0 Å². The van der Waals surface area contributed by atoms with Crippen LogP contribution in [0.2, 0.25) is 0 Å². The van der Waals surface area contributed by atoms with Crippen molar-refractivity contribution in [2.24, 2.45) is 7.05 Å². The zero-order valence-corrected chi connectivity index (χ0v) is 10.5. The Hall–Kier alpha value is -1.30. The topological polar surface area (TPSA) is 64.0 Å². The molecule has 2 heterocycles. The Morgan fingerprint density at radius 1 is 1.65 bits per heavy atom. The minimum absolute atomic E-state index is 0.215. The van der Waals surface area contributed by atoms with Gasteiger partial charge in [-0.2, -0.15) is 16.9 Å². The summed E-state index contributed by atoms with van der Waals surface area (Å²) in [5, 5.41) is 7.27. The quantitative estimate of drug-likeness (QED) is 0.847. The van der Waals surface area contributed by atoms with Gasteiger partial charge in [0.05, 0.1) is 0 Å². The lowest BCUT2D eigenvalue weighted by Gasteiger charge is -2.09. The molecule has 0 unspecified atom stereocenters. The van der Waals surface area contributed by atoms with Gasteiger partial charge in [-0.3, -0.25) is 9.59 Å². The van der Waals surface area contributed by atoms with Crippen LogP contribution in [0.3, 0.4) is 0 Å². The van der Waals surface area contributed by atoms with Crippen molar-refractivity contribution < 1.29 is 4.79 Å². The summed E-state index contributed by atoms with van der Waals surface area (Å²) in [5.74, 6) is 0.964. The summed E-state index contributed by atoms with van der Waals surface area (Å²) in [7, 11) is 1.53. The van der Waals surface area contributed by atoms with E-state index >= 15 is 0 Å². The molecule has 6 heteroatoms. The van der Waals surface area contributed by atoms with E-state index in [9.17, 15) is 9.59 Å². The Bertz CT molecular complexity index is 466. The maximum Gasteiger partial charge on any atom is 0.271 e.